The lowest BCUT2D eigenvalue weighted by molar-refractivity contribution is -0.123. The second kappa shape index (κ2) is 11.8. The Kier molecular flexibility index (Phi) is 9.12. The van der Waals surface area contributed by atoms with Crippen LogP contribution in [-0.2, 0) is 11.3 Å². The van der Waals surface area contributed by atoms with Crippen molar-refractivity contribution in [2.75, 3.05) is 27.3 Å². The number of carbonyl (C=O) groups is 1. The van der Waals surface area contributed by atoms with Gasteiger partial charge >= 0.3 is 0 Å². The topological polar surface area (TPSA) is 84.0 Å². The number of guanidine groups is 1. The summed E-state index contributed by atoms with van der Waals surface area (Å²) < 4.78 is 24.8. The van der Waals surface area contributed by atoms with E-state index >= 15 is 0 Å². The molecule has 168 valence electrons. The van der Waals surface area contributed by atoms with Crippen LogP contribution in [-0.4, -0.2) is 39.2 Å². The number of aryl methyl sites for hydroxylation is 1. The predicted octanol–water partition coefficient (Wildman–Crippen LogP) is 3.08. The van der Waals surface area contributed by atoms with Crippen LogP contribution in [0.1, 0.15) is 36.6 Å². The van der Waals surface area contributed by atoms with E-state index in [9.17, 15) is 9.18 Å². The maximum Gasteiger partial charge on any atom is 0.257 e. The molecule has 1 atom stereocenters. The average molecular weight is 431 g/mol. The lowest BCUT2D eigenvalue weighted by Gasteiger charge is -2.19. The summed E-state index contributed by atoms with van der Waals surface area (Å²) in [6.07, 6.45) is 0. The molecule has 0 bridgehead atoms. The van der Waals surface area contributed by atoms with Gasteiger partial charge in [-0.15, -0.1) is 0 Å². The Labute approximate surface area is 183 Å². The summed E-state index contributed by atoms with van der Waals surface area (Å²) in [4.78, 5) is 15.8. The van der Waals surface area contributed by atoms with Gasteiger partial charge in [0.1, 0.15) is 5.82 Å². The van der Waals surface area contributed by atoms with Crippen LogP contribution in [0.25, 0.3) is 0 Å². The monoisotopic (exact) mass is 430 g/mol. The molecule has 2 rings (SSSR count). The minimum absolute atomic E-state index is 0.0736. The molecule has 2 aromatic rings. The lowest BCUT2D eigenvalue weighted by atomic mass is 10.1. The summed E-state index contributed by atoms with van der Waals surface area (Å²) in [6.45, 7) is 6.50. The van der Waals surface area contributed by atoms with Gasteiger partial charge < -0.3 is 25.4 Å². The first-order chi connectivity index (χ1) is 14.9. The van der Waals surface area contributed by atoms with Crippen LogP contribution < -0.4 is 25.4 Å². The lowest BCUT2D eigenvalue weighted by Crippen LogP contribution is -2.38. The maximum absolute atomic E-state index is 13.9. The maximum atomic E-state index is 13.9. The van der Waals surface area contributed by atoms with Crippen molar-refractivity contribution < 1.29 is 18.7 Å². The predicted molar refractivity (Wildman–Crippen MR) is 120 cm³/mol. The molecule has 0 aromatic heterocycles. The van der Waals surface area contributed by atoms with Crippen molar-refractivity contribution in [3.8, 4) is 11.5 Å². The quantitative estimate of drug-likeness (QED) is 0.421. The number of likely N-dealkylation sites (N-methyl/N-ethyl adjacent to an activating group) is 1. The molecule has 0 saturated heterocycles. The van der Waals surface area contributed by atoms with Gasteiger partial charge in [-0.2, -0.15) is 0 Å². The molecule has 2 aromatic carbocycles. The number of aliphatic imine (C=N–C) groups is 1. The van der Waals surface area contributed by atoms with E-state index in [0.717, 1.165) is 11.1 Å². The molecule has 0 aliphatic heterocycles. The van der Waals surface area contributed by atoms with Gasteiger partial charge in [0.05, 0.1) is 13.2 Å². The van der Waals surface area contributed by atoms with E-state index < -0.39 is 0 Å². The normalized spacial score (nSPS) is 12.1. The first-order valence-corrected chi connectivity index (χ1v) is 10.2. The van der Waals surface area contributed by atoms with Crippen LogP contribution in [0.2, 0.25) is 0 Å². The Bertz CT molecular complexity index is 918. The van der Waals surface area contributed by atoms with Gasteiger partial charge in [0, 0.05) is 20.1 Å². The van der Waals surface area contributed by atoms with E-state index in [0.29, 0.717) is 36.1 Å². The van der Waals surface area contributed by atoms with E-state index in [1.54, 1.807) is 33.2 Å². The fourth-order valence-electron chi connectivity index (χ4n) is 2.88. The standard InChI is InChI=1S/C23H31FN4O3/c1-6-26-22(29)14-31-20-10-8-17(11-21(20)30-5)13-27-23(25-4)28-16(3)18-9-7-15(2)19(24)12-18/h7-12,16H,6,13-14H2,1-5H3,(H,26,29)(H2,25,27,28). The Balaban J connectivity index is 1.96. The van der Waals surface area contributed by atoms with Gasteiger partial charge in [-0.25, -0.2) is 4.39 Å². The van der Waals surface area contributed by atoms with Crippen LogP contribution in [0, 0.1) is 12.7 Å². The van der Waals surface area contributed by atoms with Crippen molar-refractivity contribution in [2.24, 2.45) is 4.99 Å². The highest BCUT2D eigenvalue weighted by atomic mass is 19.1. The Morgan fingerprint density at radius 3 is 2.58 bits per heavy atom. The number of ether oxygens (including phenoxy) is 2. The van der Waals surface area contributed by atoms with Gasteiger partial charge in [-0.3, -0.25) is 9.79 Å². The molecule has 1 amide bonds. The molecule has 1 unspecified atom stereocenters. The number of nitrogens with zero attached hydrogens (tertiary/aromatic N) is 1. The molecular formula is C23H31FN4O3. The Morgan fingerprint density at radius 1 is 1.16 bits per heavy atom. The smallest absolute Gasteiger partial charge is 0.257 e. The third kappa shape index (κ3) is 7.16. The summed E-state index contributed by atoms with van der Waals surface area (Å²) >= 11 is 0. The number of halogens is 1. The fourth-order valence-corrected chi connectivity index (χ4v) is 2.88. The van der Waals surface area contributed by atoms with E-state index in [2.05, 4.69) is 20.9 Å². The number of rotatable bonds is 9. The minimum atomic E-state index is -0.226. The summed E-state index contributed by atoms with van der Waals surface area (Å²) in [5, 5.41) is 9.17. The molecule has 0 radical (unpaired) electrons. The molecule has 7 nitrogen and oxygen atoms in total. The first kappa shape index (κ1) is 24.0. The molecule has 31 heavy (non-hydrogen) atoms. The van der Waals surface area contributed by atoms with E-state index in [-0.39, 0.29) is 24.4 Å². The number of nitrogens with one attached hydrogen (secondary N) is 3. The van der Waals surface area contributed by atoms with Crippen molar-refractivity contribution in [1.29, 1.82) is 0 Å². The van der Waals surface area contributed by atoms with Gasteiger partial charge in [-0.1, -0.05) is 18.2 Å². The largest absolute Gasteiger partial charge is 0.493 e. The first-order valence-electron chi connectivity index (χ1n) is 10.2. The number of hydrogen-bond acceptors (Lipinski definition) is 4. The molecular weight excluding hydrogens is 399 g/mol. The van der Waals surface area contributed by atoms with Crippen LogP contribution >= 0.6 is 0 Å². The second-order valence-corrected chi connectivity index (χ2v) is 7.03. The molecule has 8 heteroatoms. The molecule has 3 N–H and O–H groups in total. The summed E-state index contributed by atoms with van der Waals surface area (Å²) in [5.41, 5.74) is 2.39. The van der Waals surface area contributed by atoms with E-state index in [4.69, 9.17) is 9.47 Å². The van der Waals surface area contributed by atoms with Crippen molar-refractivity contribution in [3.05, 3.63) is 58.9 Å². The number of methoxy groups -OCH3 is 1. The van der Waals surface area contributed by atoms with Crippen molar-refractivity contribution in [3.63, 3.8) is 0 Å². The molecule has 0 fully saturated rings. The van der Waals surface area contributed by atoms with E-state index in [1.165, 1.54) is 6.07 Å². The zero-order valence-electron chi connectivity index (χ0n) is 18.7. The average Bonchev–Trinajstić information content (AvgIpc) is 2.77. The second-order valence-electron chi connectivity index (χ2n) is 7.03. The van der Waals surface area contributed by atoms with Gasteiger partial charge in [0.2, 0.25) is 0 Å². The number of carbonyl (C=O) groups excluding carboxylic acids is 1. The molecule has 0 spiro atoms. The van der Waals surface area contributed by atoms with Gasteiger partial charge in [0.15, 0.2) is 24.1 Å². The molecule has 0 saturated carbocycles. The highest BCUT2D eigenvalue weighted by Crippen LogP contribution is 2.28. The Hall–Kier alpha value is -3.29. The molecule has 0 aliphatic rings. The summed E-state index contributed by atoms with van der Waals surface area (Å²) in [7, 11) is 3.23. The van der Waals surface area contributed by atoms with Crippen molar-refractivity contribution >= 4 is 11.9 Å². The number of benzene rings is 2. The summed E-state index contributed by atoms with van der Waals surface area (Å²) in [5.74, 6) is 1.21. The molecule has 0 heterocycles. The van der Waals surface area contributed by atoms with Crippen LogP contribution in [0.4, 0.5) is 4.39 Å². The Morgan fingerprint density at radius 2 is 1.94 bits per heavy atom. The van der Waals surface area contributed by atoms with Gasteiger partial charge in [0.25, 0.3) is 5.91 Å². The summed E-state index contributed by atoms with van der Waals surface area (Å²) in [6, 6.07) is 10.6. The van der Waals surface area contributed by atoms with Crippen molar-refractivity contribution in [2.45, 2.75) is 33.4 Å². The zero-order chi connectivity index (χ0) is 22.8. The fraction of sp³-hybridized carbons (Fsp3) is 0.391. The highest BCUT2D eigenvalue weighted by molar-refractivity contribution is 5.80. The van der Waals surface area contributed by atoms with Crippen LogP contribution in [0.5, 0.6) is 11.5 Å². The molecule has 0 aliphatic carbocycles. The van der Waals surface area contributed by atoms with Crippen LogP contribution in [0.15, 0.2) is 41.4 Å². The van der Waals surface area contributed by atoms with E-state index in [1.807, 2.05) is 32.0 Å². The highest BCUT2D eigenvalue weighted by Gasteiger charge is 2.11. The third-order valence-corrected chi connectivity index (χ3v) is 4.69. The van der Waals surface area contributed by atoms with Crippen molar-refractivity contribution in [1.82, 2.24) is 16.0 Å². The third-order valence-electron chi connectivity index (χ3n) is 4.69. The van der Waals surface area contributed by atoms with Crippen LogP contribution in [0.3, 0.4) is 0 Å². The minimum Gasteiger partial charge on any atom is -0.493 e. The number of amides is 1. The zero-order valence-corrected chi connectivity index (χ0v) is 18.7. The SMILES string of the molecule is CCNC(=O)COc1ccc(CNC(=NC)NC(C)c2ccc(C)c(F)c2)cc1OC. The van der Waals surface area contributed by atoms with Gasteiger partial charge in [-0.05, 0) is 55.7 Å². The number of hydrogen-bond donors (Lipinski definition) is 3.